The van der Waals surface area contributed by atoms with Crippen LogP contribution in [0.2, 0.25) is 5.15 Å². The van der Waals surface area contributed by atoms with Crippen molar-refractivity contribution in [1.82, 2.24) is 15.8 Å². The van der Waals surface area contributed by atoms with Gasteiger partial charge in [0.05, 0.1) is 0 Å². The van der Waals surface area contributed by atoms with Gasteiger partial charge in [-0.2, -0.15) is 0 Å². The quantitative estimate of drug-likeness (QED) is 0.492. The lowest BCUT2D eigenvalue weighted by molar-refractivity contribution is 0.0832. The molecule has 0 aliphatic heterocycles. The molecule has 116 valence electrons. The van der Waals surface area contributed by atoms with Crippen LogP contribution in [0.4, 0.5) is 5.82 Å². The van der Waals surface area contributed by atoms with E-state index in [9.17, 15) is 9.59 Å². The molecule has 0 unspecified atom stereocenters. The van der Waals surface area contributed by atoms with Gasteiger partial charge in [0.1, 0.15) is 16.6 Å². The molecule has 0 saturated heterocycles. The van der Waals surface area contributed by atoms with Gasteiger partial charge in [0.2, 0.25) is 0 Å². The SMILES string of the molecule is Nc1cc(C(=O)NNC(=O)c2cc3ccccc3o2)cc(Cl)n1. The molecule has 0 radical (unpaired) electrons. The van der Waals surface area contributed by atoms with Crippen molar-refractivity contribution >= 4 is 40.2 Å². The van der Waals surface area contributed by atoms with E-state index in [4.69, 9.17) is 21.8 Å². The molecule has 4 N–H and O–H groups in total. The number of benzene rings is 1. The Labute approximate surface area is 135 Å². The number of halogens is 1. The van der Waals surface area contributed by atoms with Gasteiger partial charge in [-0.05, 0) is 24.3 Å². The van der Waals surface area contributed by atoms with Crippen LogP contribution in [0.25, 0.3) is 11.0 Å². The summed E-state index contributed by atoms with van der Waals surface area (Å²) in [5, 5.41) is 0.872. The molecule has 8 heteroatoms. The molecule has 3 aromatic rings. The molecule has 0 bridgehead atoms. The van der Waals surface area contributed by atoms with E-state index in [1.165, 1.54) is 12.1 Å². The molecule has 23 heavy (non-hydrogen) atoms. The maximum Gasteiger partial charge on any atom is 0.305 e. The highest BCUT2D eigenvalue weighted by Crippen LogP contribution is 2.18. The minimum absolute atomic E-state index is 0.0822. The minimum Gasteiger partial charge on any atom is -0.451 e. The number of para-hydroxylation sites is 1. The topological polar surface area (TPSA) is 110 Å². The summed E-state index contributed by atoms with van der Waals surface area (Å²) in [7, 11) is 0. The Hall–Kier alpha value is -3.06. The first kappa shape index (κ1) is 14.9. The zero-order chi connectivity index (χ0) is 16.4. The molecule has 2 aromatic heterocycles. The number of nitrogens with one attached hydrogen (secondary N) is 2. The second kappa shape index (κ2) is 5.98. The summed E-state index contributed by atoms with van der Waals surface area (Å²) in [6.07, 6.45) is 0. The highest BCUT2D eigenvalue weighted by Gasteiger charge is 2.14. The Morgan fingerprint density at radius 2 is 1.83 bits per heavy atom. The van der Waals surface area contributed by atoms with Gasteiger partial charge < -0.3 is 10.2 Å². The fraction of sp³-hybridized carbons (Fsp3) is 0. The van der Waals surface area contributed by atoms with Gasteiger partial charge in [-0.3, -0.25) is 20.4 Å². The maximum atomic E-state index is 12.0. The molecule has 2 amide bonds. The molecule has 0 spiro atoms. The summed E-state index contributed by atoms with van der Waals surface area (Å²) in [4.78, 5) is 27.7. The number of hydrogen-bond donors (Lipinski definition) is 3. The molecule has 0 aliphatic rings. The standard InChI is InChI=1S/C15H11ClN4O3/c16-12-6-9(7-13(17)18-12)14(21)19-20-15(22)11-5-8-3-1-2-4-10(8)23-11/h1-7H,(H2,17,18)(H,19,21)(H,20,22). The number of carbonyl (C=O) groups is 2. The molecule has 0 aliphatic carbocycles. The Morgan fingerprint density at radius 1 is 1.09 bits per heavy atom. The van der Waals surface area contributed by atoms with Crippen LogP contribution in [-0.2, 0) is 0 Å². The summed E-state index contributed by atoms with van der Waals surface area (Å²) < 4.78 is 5.39. The first-order valence-electron chi connectivity index (χ1n) is 6.55. The Bertz CT molecular complexity index is 853. The average molecular weight is 331 g/mol. The van der Waals surface area contributed by atoms with Gasteiger partial charge in [0.15, 0.2) is 5.76 Å². The number of nitrogen functional groups attached to an aromatic ring is 1. The van der Waals surface area contributed by atoms with Crippen LogP contribution in [0.5, 0.6) is 0 Å². The molecule has 0 fully saturated rings. The number of fused-ring (bicyclic) bond motifs is 1. The van der Waals surface area contributed by atoms with Crippen molar-refractivity contribution in [2.75, 3.05) is 5.73 Å². The van der Waals surface area contributed by atoms with Crippen molar-refractivity contribution in [3.63, 3.8) is 0 Å². The van der Waals surface area contributed by atoms with Gasteiger partial charge in [0.25, 0.3) is 5.91 Å². The summed E-state index contributed by atoms with van der Waals surface area (Å²) in [5.74, 6) is -0.974. The highest BCUT2D eigenvalue weighted by atomic mass is 35.5. The van der Waals surface area contributed by atoms with Crippen molar-refractivity contribution in [3.8, 4) is 0 Å². The first-order chi connectivity index (χ1) is 11.0. The number of carbonyl (C=O) groups excluding carboxylic acids is 2. The number of anilines is 1. The van der Waals surface area contributed by atoms with Crippen LogP contribution < -0.4 is 16.6 Å². The van der Waals surface area contributed by atoms with E-state index in [0.29, 0.717) is 5.58 Å². The lowest BCUT2D eigenvalue weighted by Gasteiger charge is -2.06. The van der Waals surface area contributed by atoms with Crippen LogP contribution in [0.3, 0.4) is 0 Å². The number of amides is 2. The lowest BCUT2D eigenvalue weighted by Crippen LogP contribution is -2.41. The van der Waals surface area contributed by atoms with E-state index in [1.54, 1.807) is 18.2 Å². The summed E-state index contributed by atoms with van der Waals surface area (Å²) >= 11 is 5.72. The van der Waals surface area contributed by atoms with Crippen LogP contribution in [-0.4, -0.2) is 16.8 Å². The third-order valence-corrected chi connectivity index (χ3v) is 3.21. The Balaban J connectivity index is 1.69. The van der Waals surface area contributed by atoms with Crippen LogP contribution in [0, 0.1) is 0 Å². The predicted octanol–water partition coefficient (Wildman–Crippen LogP) is 2.14. The summed E-state index contributed by atoms with van der Waals surface area (Å²) in [6.45, 7) is 0. The number of hydrogen-bond acceptors (Lipinski definition) is 5. The van der Waals surface area contributed by atoms with Crippen LogP contribution >= 0.6 is 11.6 Å². The van der Waals surface area contributed by atoms with Gasteiger partial charge in [-0.1, -0.05) is 29.8 Å². The zero-order valence-corrected chi connectivity index (χ0v) is 12.4. The minimum atomic E-state index is -0.581. The fourth-order valence-electron chi connectivity index (χ4n) is 1.99. The molecule has 3 rings (SSSR count). The van der Waals surface area contributed by atoms with Crippen molar-refractivity contribution in [2.45, 2.75) is 0 Å². The summed E-state index contributed by atoms with van der Waals surface area (Å²) in [6, 6.07) is 11.4. The third kappa shape index (κ3) is 3.24. The third-order valence-electron chi connectivity index (χ3n) is 3.01. The van der Waals surface area contributed by atoms with E-state index >= 15 is 0 Å². The number of nitrogens with zero attached hydrogens (tertiary/aromatic N) is 1. The largest absolute Gasteiger partial charge is 0.451 e. The summed E-state index contributed by atoms with van der Waals surface area (Å²) in [5.41, 5.74) is 10.8. The number of hydrazine groups is 1. The number of rotatable bonds is 2. The second-order valence-corrected chi connectivity index (χ2v) is 5.05. The van der Waals surface area contributed by atoms with Crippen molar-refractivity contribution in [2.24, 2.45) is 0 Å². The molecule has 7 nitrogen and oxygen atoms in total. The van der Waals surface area contributed by atoms with E-state index in [1.807, 2.05) is 12.1 Å². The van der Waals surface area contributed by atoms with E-state index < -0.39 is 11.8 Å². The predicted molar refractivity (Wildman–Crippen MR) is 84.8 cm³/mol. The van der Waals surface area contributed by atoms with Crippen molar-refractivity contribution in [3.05, 3.63) is 58.9 Å². The van der Waals surface area contributed by atoms with Crippen molar-refractivity contribution in [1.29, 1.82) is 0 Å². The van der Waals surface area contributed by atoms with E-state index in [0.717, 1.165) is 5.39 Å². The van der Waals surface area contributed by atoms with Gasteiger partial charge in [-0.25, -0.2) is 4.98 Å². The smallest absolute Gasteiger partial charge is 0.305 e. The molecule has 0 saturated carbocycles. The maximum absolute atomic E-state index is 12.0. The zero-order valence-electron chi connectivity index (χ0n) is 11.7. The fourth-order valence-corrected chi connectivity index (χ4v) is 2.20. The van der Waals surface area contributed by atoms with Gasteiger partial charge >= 0.3 is 5.91 Å². The number of furan rings is 1. The average Bonchev–Trinajstić information content (AvgIpc) is 2.95. The second-order valence-electron chi connectivity index (χ2n) is 4.66. The molecule has 1 aromatic carbocycles. The van der Waals surface area contributed by atoms with Crippen LogP contribution in [0.15, 0.2) is 46.9 Å². The number of nitrogens with two attached hydrogens (primary N) is 1. The molecule has 0 atom stereocenters. The molecule has 2 heterocycles. The van der Waals surface area contributed by atoms with Gasteiger partial charge in [-0.15, -0.1) is 0 Å². The normalized spacial score (nSPS) is 10.5. The van der Waals surface area contributed by atoms with E-state index in [2.05, 4.69) is 15.8 Å². The van der Waals surface area contributed by atoms with Crippen molar-refractivity contribution < 1.29 is 14.0 Å². The Morgan fingerprint density at radius 3 is 2.57 bits per heavy atom. The number of pyridine rings is 1. The molecular formula is C15H11ClN4O3. The first-order valence-corrected chi connectivity index (χ1v) is 6.93. The lowest BCUT2D eigenvalue weighted by atomic mass is 10.2. The van der Waals surface area contributed by atoms with Crippen LogP contribution in [0.1, 0.15) is 20.9 Å². The van der Waals surface area contributed by atoms with Gasteiger partial charge in [0, 0.05) is 10.9 Å². The van der Waals surface area contributed by atoms with E-state index in [-0.39, 0.29) is 22.3 Å². The number of aromatic nitrogens is 1. The molecular weight excluding hydrogens is 320 g/mol. The highest BCUT2D eigenvalue weighted by molar-refractivity contribution is 6.29. The Kier molecular flexibility index (Phi) is 3.86. The monoisotopic (exact) mass is 330 g/mol.